The first kappa shape index (κ1) is 24.6. The highest BCUT2D eigenvalue weighted by Gasteiger charge is 2.18. The van der Waals surface area contributed by atoms with E-state index in [9.17, 15) is 13.2 Å². The highest BCUT2D eigenvalue weighted by molar-refractivity contribution is 7.89. The van der Waals surface area contributed by atoms with E-state index in [2.05, 4.69) is 15.4 Å². The average molecular weight is 496 g/mol. The molecule has 3 aromatic rings. The average Bonchev–Trinajstić information content (AvgIpc) is 2.87. The summed E-state index contributed by atoms with van der Waals surface area (Å²) in [5.74, 6) is 0.922. The van der Waals surface area contributed by atoms with Crippen LogP contribution in [0.4, 0.5) is 17.1 Å². The van der Waals surface area contributed by atoms with Crippen molar-refractivity contribution in [1.29, 1.82) is 0 Å². The van der Waals surface area contributed by atoms with E-state index < -0.39 is 10.0 Å². The molecule has 0 spiro atoms. The summed E-state index contributed by atoms with van der Waals surface area (Å²) in [6, 6.07) is 22.0. The van der Waals surface area contributed by atoms with Crippen LogP contribution in [0.5, 0.6) is 11.5 Å². The summed E-state index contributed by atoms with van der Waals surface area (Å²) in [5.41, 5.74) is 2.67. The lowest BCUT2D eigenvalue weighted by molar-refractivity contribution is -0.116. The number of para-hydroxylation sites is 1. The first-order valence-electron chi connectivity index (χ1n) is 11.6. The summed E-state index contributed by atoms with van der Waals surface area (Å²) < 4.78 is 38.5. The quantitative estimate of drug-likeness (QED) is 0.334. The van der Waals surface area contributed by atoms with Crippen LogP contribution in [0.25, 0.3) is 0 Å². The normalized spacial score (nSPS) is 12.7. The maximum absolute atomic E-state index is 12.5. The zero-order chi connectivity index (χ0) is 24.5. The van der Waals surface area contributed by atoms with Crippen LogP contribution in [0.15, 0.2) is 77.7 Å². The monoisotopic (exact) mass is 495 g/mol. The van der Waals surface area contributed by atoms with Gasteiger partial charge in [0.2, 0.25) is 15.9 Å². The third-order valence-electron chi connectivity index (χ3n) is 5.43. The minimum atomic E-state index is -3.63. The van der Waals surface area contributed by atoms with Gasteiger partial charge in [0.1, 0.15) is 13.2 Å². The Labute approximate surface area is 205 Å². The van der Waals surface area contributed by atoms with Gasteiger partial charge in [-0.25, -0.2) is 13.1 Å². The summed E-state index contributed by atoms with van der Waals surface area (Å²) in [6.07, 6.45) is 2.41. The highest BCUT2D eigenvalue weighted by Crippen LogP contribution is 2.32. The predicted octanol–water partition coefficient (Wildman–Crippen LogP) is 4.68. The van der Waals surface area contributed by atoms with E-state index in [-0.39, 0.29) is 10.8 Å². The van der Waals surface area contributed by atoms with Gasteiger partial charge in [0.15, 0.2) is 11.5 Å². The molecule has 0 unspecified atom stereocenters. The number of hydrogen-bond acceptors (Lipinski definition) is 6. The lowest BCUT2D eigenvalue weighted by atomic mass is 10.2. The van der Waals surface area contributed by atoms with Crippen molar-refractivity contribution in [3.05, 3.63) is 72.8 Å². The fourth-order valence-corrected chi connectivity index (χ4v) is 4.71. The second-order valence-electron chi connectivity index (χ2n) is 8.13. The van der Waals surface area contributed by atoms with Gasteiger partial charge in [-0.05, 0) is 61.4 Å². The molecule has 0 bridgehead atoms. The molecule has 3 N–H and O–H groups in total. The molecular weight excluding hydrogens is 466 g/mol. The first-order valence-corrected chi connectivity index (χ1v) is 13.1. The van der Waals surface area contributed by atoms with Crippen molar-refractivity contribution in [3.8, 4) is 11.5 Å². The van der Waals surface area contributed by atoms with Crippen LogP contribution in [0, 0.1) is 0 Å². The van der Waals surface area contributed by atoms with Gasteiger partial charge >= 0.3 is 0 Å². The smallest absolute Gasteiger partial charge is 0.240 e. The molecule has 9 heteroatoms. The number of amides is 1. The number of anilines is 3. The fourth-order valence-electron chi connectivity index (χ4n) is 3.62. The van der Waals surface area contributed by atoms with Crippen molar-refractivity contribution >= 4 is 33.0 Å². The molecule has 3 aromatic carbocycles. The van der Waals surface area contributed by atoms with E-state index >= 15 is 0 Å². The van der Waals surface area contributed by atoms with Crippen molar-refractivity contribution in [2.75, 3.05) is 30.4 Å². The Hall–Kier alpha value is -3.56. The van der Waals surface area contributed by atoms with Gasteiger partial charge in [0, 0.05) is 36.1 Å². The lowest BCUT2D eigenvalue weighted by Crippen LogP contribution is -2.25. The molecule has 1 heterocycles. The van der Waals surface area contributed by atoms with E-state index in [0.29, 0.717) is 50.5 Å². The molecule has 0 saturated carbocycles. The van der Waals surface area contributed by atoms with Crippen molar-refractivity contribution in [1.82, 2.24) is 4.72 Å². The van der Waals surface area contributed by atoms with Gasteiger partial charge in [-0.3, -0.25) is 4.79 Å². The number of fused-ring (bicyclic) bond motifs is 1. The number of sulfonamides is 1. The van der Waals surface area contributed by atoms with E-state index in [4.69, 9.17) is 9.47 Å². The van der Waals surface area contributed by atoms with Gasteiger partial charge in [0.25, 0.3) is 0 Å². The van der Waals surface area contributed by atoms with Crippen molar-refractivity contribution in [2.45, 2.75) is 30.6 Å². The first-order chi connectivity index (χ1) is 17.0. The number of ether oxygens (including phenoxy) is 2. The largest absolute Gasteiger partial charge is 0.486 e. The number of carbonyl (C=O) groups is 1. The van der Waals surface area contributed by atoms with Crippen molar-refractivity contribution in [3.63, 3.8) is 0 Å². The minimum absolute atomic E-state index is 0.0642. The molecule has 4 rings (SSSR count). The van der Waals surface area contributed by atoms with E-state index in [1.54, 1.807) is 6.07 Å². The molecule has 0 aliphatic carbocycles. The molecule has 1 amide bonds. The fraction of sp³-hybridized carbons (Fsp3) is 0.269. The Morgan fingerprint density at radius 1 is 0.771 bits per heavy atom. The Morgan fingerprint density at radius 2 is 1.46 bits per heavy atom. The topological polar surface area (TPSA) is 106 Å². The van der Waals surface area contributed by atoms with E-state index in [0.717, 1.165) is 23.5 Å². The highest BCUT2D eigenvalue weighted by atomic mass is 32.2. The molecule has 0 aromatic heterocycles. The molecule has 1 aliphatic heterocycles. The third-order valence-corrected chi connectivity index (χ3v) is 6.89. The second-order valence-corrected chi connectivity index (χ2v) is 9.90. The van der Waals surface area contributed by atoms with Crippen LogP contribution in [-0.4, -0.2) is 34.1 Å². The predicted molar refractivity (Wildman–Crippen MR) is 136 cm³/mol. The Kier molecular flexibility index (Phi) is 8.23. The summed E-state index contributed by atoms with van der Waals surface area (Å²) in [7, 11) is -3.63. The SMILES string of the molecule is O=C(CCCCCNS(=O)(=O)c1ccc2c(c1)OCCO2)Nc1ccc(Nc2ccccc2)cc1. The maximum Gasteiger partial charge on any atom is 0.240 e. The third kappa shape index (κ3) is 7.21. The second kappa shape index (κ2) is 11.7. The summed E-state index contributed by atoms with van der Waals surface area (Å²) in [5, 5.41) is 6.19. The number of nitrogens with one attached hydrogen (secondary N) is 3. The zero-order valence-electron chi connectivity index (χ0n) is 19.3. The van der Waals surface area contributed by atoms with E-state index in [1.807, 2.05) is 54.6 Å². The maximum atomic E-state index is 12.5. The summed E-state index contributed by atoms with van der Waals surface area (Å²) >= 11 is 0. The summed E-state index contributed by atoms with van der Waals surface area (Å²) in [4.78, 5) is 12.4. The number of unbranched alkanes of at least 4 members (excludes halogenated alkanes) is 2. The van der Waals surface area contributed by atoms with Gasteiger partial charge in [-0.1, -0.05) is 24.6 Å². The molecule has 0 saturated heterocycles. The van der Waals surface area contributed by atoms with Gasteiger partial charge < -0.3 is 20.1 Å². The molecule has 184 valence electrons. The molecule has 8 nitrogen and oxygen atoms in total. The van der Waals surface area contributed by atoms with Crippen LogP contribution in [0.3, 0.4) is 0 Å². The molecule has 0 radical (unpaired) electrons. The standard InChI is InChI=1S/C26H29N3O5S/c30-26(29-22-12-10-21(11-13-22)28-20-7-3-1-4-8-20)9-5-2-6-16-27-35(31,32)23-14-15-24-25(19-23)34-18-17-33-24/h1,3-4,7-8,10-15,19,27-28H,2,5-6,9,16-18H2,(H,29,30). The lowest BCUT2D eigenvalue weighted by Gasteiger charge is -2.18. The molecule has 0 fully saturated rings. The number of carbonyl (C=O) groups excluding carboxylic acids is 1. The van der Waals surface area contributed by atoms with Crippen LogP contribution >= 0.6 is 0 Å². The Morgan fingerprint density at radius 3 is 2.23 bits per heavy atom. The van der Waals surface area contributed by atoms with Crippen molar-refractivity contribution < 1.29 is 22.7 Å². The van der Waals surface area contributed by atoms with E-state index in [1.165, 1.54) is 12.1 Å². The molecular formula is C26H29N3O5S. The van der Waals surface area contributed by atoms with Crippen LogP contribution in [0.2, 0.25) is 0 Å². The number of rotatable bonds is 11. The van der Waals surface area contributed by atoms with Crippen LogP contribution in [0.1, 0.15) is 25.7 Å². The van der Waals surface area contributed by atoms with Gasteiger partial charge in [0.05, 0.1) is 4.90 Å². The zero-order valence-corrected chi connectivity index (χ0v) is 20.1. The summed E-state index contributed by atoms with van der Waals surface area (Å²) in [6.45, 7) is 1.15. The Bertz CT molecular complexity index is 1230. The number of benzene rings is 3. The molecule has 0 atom stereocenters. The van der Waals surface area contributed by atoms with Gasteiger partial charge in [-0.15, -0.1) is 0 Å². The minimum Gasteiger partial charge on any atom is -0.486 e. The molecule has 1 aliphatic rings. The molecule has 35 heavy (non-hydrogen) atoms. The van der Waals surface area contributed by atoms with Crippen LogP contribution in [-0.2, 0) is 14.8 Å². The van der Waals surface area contributed by atoms with Crippen molar-refractivity contribution in [2.24, 2.45) is 0 Å². The number of hydrogen-bond donors (Lipinski definition) is 3. The van der Waals surface area contributed by atoms with Gasteiger partial charge in [-0.2, -0.15) is 0 Å². The Balaban J connectivity index is 1.13. The van der Waals surface area contributed by atoms with Crippen LogP contribution < -0.4 is 24.8 Å².